The highest BCUT2D eigenvalue weighted by atomic mass is 16.3. The summed E-state index contributed by atoms with van der Waals surface area (Å²) in [6.07, 6.45) is 0.986. The van der Waals surface area contributed by atoms with E-state index in [1.54, 1.807) is 6.92 Å². The summed E-state index contributed by atoms with van der Waals surface area (Å²) in [4.78, 5) is 10.7. The summed E-state index contributed by atoms with van der Waals surface area (Å²) < 4.78 is 0. The second-order valence-electron chi connectivity index (χ2n) is 4.53. The van der Waals surface area contributed by atoms with E-state index in [4.69, 9.17) is 0 Å². The first-order chi connectivity index (χ1) is 6.85. The molecule has 1 N–H and O–H groups in total. The maximum atomic E-state index is 10.7. The Morgan fingerprint density at radius 2 is 1.73 bits per heavy atom. The number of rotatable bonds is 3. The van der Waals surface area contributed by atoms with E-state index in [2.05, 4.69) is 12.1 Å². The van der Waals surface area contributed by atoms with Crippen LogP contribution in [0.25, 0.3) is 0 Å². The standard InChI is InChI=1S/C13H18O2/c1-9-5-10(2)12(11(3)6-9)7-13(4,15)8-14/h5-6,8,15H,7H2,1-4H3. The number of carbonyl (C=O) groups is 1. The highest BCUT2D eigenvalue weighted by Crippen LogP contribution is 2.20. The zero-order valence-corrected chi connectivity index (χ0v) is 9.79. The monoisotopic (exact) mass is 206 g/mol. The van der Waals surface area contributed by atoms with Gasteiger partial charge in [0.05, 0.1) is 0 Å². The smallest absolute Gasteiger partial charge is 0.151 e. The minimum Gasteiger partial charge on any atom is -0.382 e. The van der Waals surface area contributed by atoms with Crippen LogP contribution < -0.4 is 0 Å². The SMILES string of the molecule is Cc1cc(C)c(CC(C)(O)C=O)c(C)c1. The first-order valence-electron chi connectivity index (χ1n) is 5.11. The second-order valence-corrected chi connectivity index (χ2v) is 4.53. The number of carbonyl (C=O) groups excluding carboxylic acids is 1. The van der Waals surface area contributed by atoms with Crippen LogP contribution in [0.5, 0.6) is 0 Å². The fraction of sp³-hybridized carbons (Fsp3) is 0.462. The molecule has 0 heterocycles. The van der Waals surface area contributed by atoms with Crippen molar-refractivity contribution in [3.05, 3.63) is 34.4 Å². The van der Waals surface area contributed by atoms with Crippen molar-refractivity contribution in [2.75, 3.05) is 0 Å². The molecule has 2 nitrogen and oxygen atoms in total. The third-order valence-corrected chi connectivity index (χ3v) is 2.63. The summed E-state index contributed by atoms with van der Waals surface area (Å²) in [6, 6.07) is 4.15. The van der Waals surface area contributed by atoms with Gasteiger partial charge in [0, 0.05) is 6.42 Å². The van der Waals surface area contributed by atoms with E-state index in [1.165, 1.54) is 5.56 Å². The van der Waals surface area contributed by atoms with Crippen LogP contribution in [0, 0.1) is 20.8 Å². The van der Waals surface area contributed by atoms with Crippen LogP contribution in [0.3, 0.4) is 0 Å². The second kappa shape index (κ2) is 4.15. The van der Waals surface area contributed by atoms with Crippen molar-refractivity contribution in [3.8, 4) is 0 Å². The number of aryl methyl sites for hydroxylation is 3. The Labute approximate surface area is 90.9 Å². The predicted molar refractivity (Wildman–Crippen MR) is 61.0 cm³/mol. The Balaban J connectivity index is 3.10. The van der Waals surface area contributed by atoms with Crippen molar-refractivity contribution >= 4 is 6.29 Å². The molecule has 82 valence electrons. The van der Waals surface area contributed by atoms with Gasteiger partial charge in [-0.2, -0.15) is 0 Å². The molecule has 1 aromatic rings. The lowest BCUT2D eigenvalue weighted by atomic mass is 9.90. The van der Waals surface area contributed by atoms with Gasteiger partial charge in [-0.3, -0.25) is 0 Å². The van der Waals surface area contributed by atoms with E-state index in [1.807, 2.05) is 20.8 Å². The van der Waals surface area contributed by atoms with Crippen LogP contribution in [0.2, 0.25) is 0 Å². The normalized spacial score (nSPS) is 14.7. The van der Waals surface area contributed by atoms with Crippen molar-refractivity contribution in [2.24, 2.45) is 0 Å². The van der Waals surface area contributed by atoms with E-state index in [-0.39, 0.29) is 0 Å². The van der Waals surface area contributed by atoms with Gasteiger partial charge in [0.25, 0.3) is 0 Å². The molecule has 0 aliphatic heterocycles. The summed E-state index contributed by atoms with van der Waals surface area (Å²) >= 11 is 0. The molecule has 0 spiro atoms. The zero-order chi connectivity index (χ0) is 11.6. The summed E-state index contributed by atoms with van der Waals surface area (Å²) in [5.74, 6) is 0. The van der Waals surface area contributed by atoms with Crippen LogP contribution in [0.4, 0.5) is 0 Å². The molecule has 0 amide bonds. The number of hydrogen-bond acceptors (Lipinski definition) is 2. The number of benzene rings is 1. The van der Waals surface area contributed by atoms with Gasteiger partial charge in [-0.1, -0.05) is 17.7 Å². The fourth-order valence-electron chi connectivity index (χ4n) is 1.89. The van der Waals surface area contributed by atoms with E-state index < -0.39 is 5.60 Å². The third kappa shape index (κ3) is 2.90. The van der Waals surface area contributed by atoms with E-state index in [0.717, 1.165) is 16.7 Å². The third-order valence-electron chi connectivity index (χ3n) is 2.63. The number of aliphatic hydroxyl groups is 1. The lowest BCUT2D eigenvalue weighted by molar-refractivity contribution is -0.122. The average Bonchev–Trinajstić information content (AvgIpc) is 2.11. The Hall–Kier alpha value is -1.15. The summed E-state index contributed by atoms with van der Waals surface area (Å²) in [5, 5.41) is 9.73. The zero-order valence-electron chi connectivity index (χ0n) is 9.79. The molecule has 0 aromatic heterocycles. The van der Waals surface area contributed by atoms with Crippen LogP contribution in [0.15, 0.2) is 12.1 Å². The van der Waals surface area contributed by atoms with Crippen molar-refractivity contribution in [1.82, 2.24) is 0 Å². The molecular formula is C13H18O2. The van der Waals surface area contributed by atoms with Gasteiger partial charge in [-0.25, -0.2) is 0 Å². The van der Waals surface area contributed by atoms with Crippen molar-refractivity contribution in [3.63, 3.8) is 0 Å². The molecule has 0 aliphatic carbocycles. The highest BCUT2D eigenvalue weighted by Gasteiger charge is 2.21. The molecule has 0 saturated carbocycles. The van der Waals surface area contributed by atoms with Crippen LogP contribution in [-0.4, -0.2) is 17.0 Å². The highest BCUT2D eigenvalue weighted by molar-refractivity contribution is 5.62. The first-order valence-corrected chi connectivity index (χ1v) is 5.11. The van der Waals surface area contributed by atoms with Crippen LogP contribution >= 0.6 is 0 Å². The topological polar surface area (TPSA) is 37.3 Å². The van der Waals surface area contributed by atoms with Crippen LogP contribution in [-0.2, 0) is 11.2 Å². The van der Waals surface area contributed by atoms with Crippen molar-refractivity contribution in [1.29, 1.82) is 0 Å². The van der Waals surface area contributed by atoms with Gasteiger partial charge in [0.2, 0.25) is 0 Å². The Morgan fingerprint density at radius 3 is 2.13 bits per heavy atom. The maximum Gasteiger partial charge on any atom is 0.151 e. The number of aldehydes is 1. The van der Waals surface area contributed by atoms with Crippen molar-refractivity contribution in [2.45, 2.75) is 39.7 Å². The minimum absolute atomic E-state index is 0.383. The fourth-order valence-corrected chi connectivity index (χ4v) is 1.89. The Bertz CT molecular complexity index is 355. The molecule has 0 radical (unpaired) electrons. The van der Waals surface area contributed by atoms with Gasteiger partial charge in [0.1, 0.15) is 5.60 Å². The van der Waals surface area contributed by atoms with E-state index in [0.29, 0.717) is 12.7 Å². The molecule has 1 aromatic carbocycles. The molecule has 2 heteroatoms. The summed E-state index contributed by atoms with van der Waals surface area (Å²) in [6.45, 7) is 7.60. The largest absolute Gasteiger partial charge is 0.382 e. The molecule has 1 rings (SSSR count). The molecule has 1 atom stereocenters. The lowest BCUT2D eigenvalue weighted by Crippen LogP contribution is -2.29. The minimum atomic E-state index is -1.26. The molecule has 0 bridgehead atoms. The molecule has 1 unspecified atom stereocenters. The Morgan fingerprint density at radius 1 is 1.27 bits per heavy atom. The molecule has 0 fully saturated rings. The predicted octanol–water partition coefficient (Wildman–Crippen LogP) is 2.10. The van der Waals surface area contributed by atoms with E-state index >= 15 is 0 Å². The average molecular weight is 206 g/mol. The molecule has 15 heavy (non-hydrogen) atoms. The van der Waals surface area contributed by atoms with E-state index in [9.17, 15) is 9.90 Å². The lowest BCUT2D eigenvalue weighted by Gasteiger charge is -2.19. The summed E-state index contributed by atoms with van der Waals surface area (Å²) in [7, 11) is 0. The van der Waals surface area contributed by atoms with Crippen LogP contribution in [0.1, 0.15) is 29.2 Å². The van der Waals surface area contributed by atoms with Gasteiger partial charge in [0.15, 0.2) is 6.29 Å². The summed E-state index contributed by atoms with van der Waals surface area (Å²) in [5.41, 5.74) is 3.28. The van der Waals surface area contributed by atoms with Crippen molar-refractivity contribution < 1.29 is 9.90 Å². The van der Waals surface area contributed by atoms with Gasteiger partial charge >= 0.3 is 0 Å². The molecular weight excluding hydrogens is 188 g/mol. The van der Waals surface area contributed by atoms with Gasteiger partial charge in [-0.15, -0.1) is 0 Å². The Kier molecular flexibility index (Phi) is 3.30. The number of hydrogen-bond donors (Lipinski definition) is 1. The maximum absolute atomic E-state index is 10.7. The molecule has 0 aliphatic rings. The quantitative estimate of drug-likeness (QED) is 0.769. The van der Waals surface area contributed by atoms with Gasteiger partial charge in [-0.05, 0) is 44.4 Å². The first kappa shape index (κ1) is 11.9. The van der Waals surface area contributed by atoms with Gasteiger partial charge < -0.3 is 9.90 Å². The molecule has 0 saturated heterocycles.